The van der Waals surface area contributed by atoms with Gasteiger partial charge in [0, 0.05) is 12.8 Å². The number of carbonyl (C=O) groups is 2. The molecule has 0 atom stereocenters. The molecule has 3 aliphatic rings. The number of Topliss-reactive ketones (excluding diaryl/α,β-unsaturated/α-hetero) is 1. The van der Waals surface area contributed by atoms with Gasteiger partial charge >= 0.3 is 5.97 Å². The van der Waals surface area contributed by atoms with E-state index in [0.717, 1.165) is 44.9 Å². The summed E-state index contributed by atoms with van der Waals surface area (Å²) in [7, 11) is 1.48. The Morgan fingerprint density at radius 1 is 1.06 bits per heavy atom. The molecule has 0 N–H and O–H groups in total. The van der Waals surface area contributed by atoms with Crippen molar-refractivity contribution in [2.75, 3.05) is 7.11 Å². The first-order valence-corrected chi connectivity index (χ1v) is 6.66. The Labute approximate surface area is 103 Å². The van der Waals surface area contributed by atoms with Crippen molar-refractivity contribution in [2.45, 2.75) is 58.3 Å². The van der Waals surface area contributed by atoms with Crippen molar-refractivity contribution in [3.63, 3.8) is 0 Å². The van der Waals surface area contributed by atoms with E-state index in [1.165, 1.54) is 7.11 Å². The van der Waals surface area contributed by atoms with Gasteiger partial charge in [0.15, 0.2) is 0 Å². The van der Waals surface area contributed by atoms with Crippen LogP contribution in [-0.2, 0) is 14.3 Å². The van der Waals surface area contributed by atoms with Gasteiger partial charge in [-0.2, -0.15) is 0 Å². The predicted molar refractivity (Wildman–Crippen MR) is 64.5 cm³/mol. The molecule has 0 aromatic carbocycles. The third kappa shape index (κ3) is 2.12. The summed E-state index contributed by atoms with van der Waals surface area (Å²) in [6, 6.07) is 0. The van der Waals surface area contributed by atoms with Gasteiger partial charge in [0.25, 0.3) is 0 Å². The molecular formula is C14H22O3. The molecule has 0 aromatic rings. The Hall–Kier alpha value is -0.860. The van der Waals surface area contributed by atoms with Crippen LogP contribution in [0.15, 0.2) is 0 Å². The molecule has 0 saturated heterocycles. The van der Waals surface area contributed by atoms with E-state index in [1.54, 1.807) is 0 Å². The van der Waals surface area contributed by atoms with Crippen LogP contribution in [0.4, 0.5) is 0 Å². The maximum absolute atomic E-state index is 11.8. The summed E-state index contributed by atoms with van der Waals surface area (Å²) in [4.78, 5) is 23.5. The summed E-state index contributed by atoms with van der Waals surface area (Å²) in [5, 5.41) is 0. The van der Waals surface area contributed by atoms with Crippen molar-refractivity contribution >= 4 is 11.8 Å². The van der Waals surface area contributed by atoms with E-state index < -0.39 is 0 Å². The van der Waals surface area contributed by atoms with Crippen molar-refractivity contribution in [3.8, 4) is 0 Å². The second kappa shape index (κ2) is 4.43. The van der Waals surface area contributed by atoms with E-state index in [4.69, 9.17) is 4.74 Å². The molecule has 3 heteroatoms. The van der Waals surface area contributed by atoms with Crippen LogP contribution in [0.2, 0.25) is 0 Å². The van der Waals surface area contributed by atoms with Gasteiger partial charge in [-0.1, -0.05) is 6.92 Å². The predicted octanol–water partition coefficient (Wildman–Crippen LogP) is 2.87. The van der Waals surface area contributed by atoms with E-state index in [9.17, 15) is 9.59 Å². The maximum atomic E-state index is 11.8. The summed E-state index contributed by atoms with van der Waals surface area (Å²) in [6.45, 7) is 1.93. The maximum Gasteiger partial charge on any atom is 0.311 e. The SMILES string of the molecule is CCC(=O)CC12CCC(C(=O)OC)(CC1)CC2. The lowest BCUT2D eigenvalue weighted by molar-refractivity contribution is -0.163. The average Bonchev–Trinajstić information content (AvgIpc) is 2.39. The van der Waals surface area contributed by atoms with Crippen LogP contribution in [0.5, 0.6) is 0 Å². The second-order valence-corrected chi connectivity index (χ2v) is 5.84. The number of ether oxygens (including phenoxy) is 1. The average molecular weight is 238 g/mol. The summed E-state index contributed by atoms with van der Waals surface area (Å²) in [6.07, 6.45) is 7.17. The highest BCUT2D eigenvalue weighted by atomic mass is 16.5. The van der Waals surface area contributed by atoms with Gasteiger partial charge < -0.3 is 4.74 Å². The highest BCUT2D eigenvalue weighted by molar-refractivity contribution is 5.80. The quantitative estimate of drug-likeness (QED) is 0.707. The van der Waals surface area contributed by atoms with E-state index in [1.807, 2.05) is 6.92 Å². The summed E-state index contributed by atoms with van der Waals surface area (Å²) >= 11 is 0. The van der Waals surface area contributed by atoms with Crippen molar-refractivity contribution in [1.29, 1.82) is 0 Å². The molecule has 2 bridgehead atoms. The lowest BCUT2D eigenvalue weighted by Gasteiger charge is -2.51. The fraction of sp³-hybridized carbons (Fsp3) is 0.857. The zero-order valence-electron chi connectivity index (χ0n) is 10.9. The highest BCUT2D eigenvalue weighted by Gasteiger charge is 2.53. The van der Waals surface area contributed by atoms with E-state index in [2.05, 4.69) is 0 Å². The lowest BCUT2D eigenvalue weighted by Crippen LogP contribution is -2.47. The standard InChI is InChI=1S/C14H22O3/c1-3-11(15)10-13-4-7-14(8-5-13,9-6-13)12(16)17-2/h3-10H2,1-2H3. The zero-order chi connectivity index (χ0) is 12.5. The molecule has 0 aromatic heterocycles. The molecule has 0 spiro atoms. The fourth-order valence-electron chi connectivity index (χ4n) is 3.59. The van der Waals surface area contributed by atoms with Gasteiger partial charge in [-0.05, 0) is 43.9 Å². The van der Waals surface area contributed by atoms with E-state index in [-0.39, 0.29) is 16.8 Å². The number of rotatable bonds is 4. The van der Waals surface area contributed by atoms with Crippen LogP contribution in [0.3, 0.4) is 0 Å². The van der Waals surface area contributed by atoms with Crippen LogP contribution >= 0.6 is 0 Å². The molecule has 17 heavy (non-hydrogen) atoms. The molecule has 3 fully saturated rings. The second-order valence-electron chi connectivity index (χ2n) is 5.84. The Kier molecular flexibility index (Phi) is 3.28. The molecule has 0 unspecified atom stereocenters. The Morgan fingerprint density at radius 2 is 1.59 bits per heavy atom. The lowest BCUT2D eigenvalue weighted by atomic mass is 9.52. The van der Waals surface area contributed by atoms with Gasteiger partial charge in [0.2, 0.25) is 0 Å². The Morgan fingerprint density at radius 3 is 2.00 bits per heavy atom. The topological polar surface area (TPSA) is 43.4 Å². The van der Waals surface area contributed by atoms with Gasteiger partial charge in [0.1, 0.15) is 5.78 Å². The molecule has 0 aliphatic heterocycles. The normalized spacial score (nSPS) is 35.6. The van der Waals surface area contributed by atoms with Gasteiger partial charge in [-0.15, -0.1) is 0 Å². The Bertz CT molecular complexity index is 308. The molecule has 3 aliphatic carbocycles. The van der Waals surface area contributed by atoms with Crippen LogP contribution in [0, 0.1) is 10.8 Å². The number of esters is 1. The number of carbonyl (C=O) groups excluding carboxylic acids is 2. The summed E-state index contributed by atoms with van der Waals surface area (Å²) in [5.74, 6) is 0.338. The van der Waals surface area contributed by atoms with Crippen molar-refractivity contribution in [1.82, 2.24) is 0 Å². The number of fused-ring (bicyclic) bond motifs is 3. The molecular weight excluding hydrogens is 216 g/mol. The number of hydrogen-bond acceptors (Lipinski definition) is 3. The van der Waals surface area contributed by atoms with Crippen LogP contribution < -0.4 is 0 Å². The monoisotopic (exact) mass is 238 g/mol. The molecule has 0 amide bonds. The number of ketones is 1. The van der Waals surface area contributed by atoms with Crippen LogP contribution in [-0.4, -0.2) is 18.9 Å². The molecule has 96 valence electrons. The van der Waals surface area contributed by atoms with Gasteiger partial charge in [-0.3, -0.25) is 9.59 Å². The van der Waals surface area contributed by atoms with Gasteiger partial charge in [0.05, 0.1) is 12.5 Å². The largest absolute Gasteiger partial charge is 0.469 e. The molecule has 3 saturated carbocycles. The molecule has 3 rings (SSSR count). The minimum Gasteiger partial charge on any atom is -0.469 e. The highest BCUT2D eigenvalue weighted by Crippen LogP contribution is 2.58. The number of hydrogen-bond donors (Lipinski definition) is 0. The number of methoxy groups -OCH3 is 1. The van der Waals surface area contributed by atoms with Crippen LogP contribution in [0.25, 0.3) is 0 Å². The van der Waals surface area contributed by atoms with E-state index in [0.29, 0.717) is 12.2 Å². The Balaban J connectivity index is 2.04. The fourth-order valence-corrected chi connectivity index (χ4v) is 3.59. The minimum absolute atomic E-state index is 0.0346. The molecule has 0 heterocycles. The molecule has 0 radical (unpaired) electrons. The first-order chi connectivity index (χ1) is 8.06. The summed E-state index contributed by atoms with van der Waals surface area (Å²) < 4.78 is 4.94. The smallest absolute Gasteiger partial charge is 0.311 e. The molecule has 3 nitrogen and oxygen atoms in total. The summed E-state index contributed by atoms with van der Waals surface area (Å²) in [5.41, 5.74) is -0.00533. The zero-order valence-corrected chi connectivity index (χ0v) is 10.9. The third-order valence-corrected chi connectivity index (χ3v) is 4.99. The first-order valence-electron chi connectivity index (χ1n) is 6.66. The van der Waals surface area contributed by atoms with Crippen LogP contribution in [0.1, 0.15) is 58.3 Å². The van der Waals surface area contributed by atoms with Crippen molar-refractivity contribution in [3.05, 3.63) is 0 Å². The minimum atomic E-state index is -0.217. The first kappa shape index (κ1) is 12.6. The third-order valence-electron chi connectivity index (χ3n) is 4.99. The van der Waals surface area contributed by atoms with Crippen molar-refractivity contribution < 1.29 is 14.3 Å². The van der Waals surface area contributed by atoms with Crippen molar-refractivity contribution in [2.24, 2.45) is 10.8 Å². The van der Waals surface area contributed by atoms with Gasteiger partial charge in [-0.25, -0.2) is 0 Å². The van der Waals surface area contributed by atoms with E-state index >= 15 is 0 Å².